The van der Waals surface area contributed by atoms with Crippen LogP contribution in [0.3, 0.4) is 0 Å². The molecule has 0 radical (unpaired) electrons. The van der Waals surface area contributed by atoms with E-state index in [9.17, 15) is 39.6 Å². The molecule has 12 heteroatoms. The fraction of sp³-hybridized carbons (Fsp3) is 0.875. The van der Waals surface area contributed by atoms with Crippen molar-refractivity contribution < 1.29 is 48.8 Å². The Morgan fingerprint density at radius 2 is 1.45 bits per heavy atom. The molecule has 20 heavy (non-hydrogen) atoms. The highest BCUT2D eigenvalue weighted by Crippen LogP contribution is 2.47. The summed E-state index contributed by atoms with van der Waals surface area (Å²) in [5.41, 5.74) is -5.32. The molecule has 0 aliphatic heterocycles. The van der Waals surface area contributed by atoms with E-state index in [-0.39, 0.29) is 0 Å². The van der Waals surface area contributed by atoms with E-state index in [1.54, 1.807) is 0 Å². The third-order valence-corrected chi connectivity index (χ3v) is 2.82. The van der Waals surface area contributed by atoms with Crippen LogP contribution in [0.15, 0.2) is 0 Å². The zero-order chi connectivity index (χ0) is 16.6. The summed E-state index contributed by atoms with van der Waals surface area (Å²) in [6, 6.07) is 0. The first kappa shape index (κ1) is 19.0. The van der Waals surface area contributed by atoms with Gasteiger partial charge in [0.1, 0.15) is 5.75 Å². The van der Waals surface area contributed by atoms with Crippen molar-refractivity contribution in [1.82, 2.24) is 0 Å². The maximum Gasteiger partial charge on any atom is 0.438 e. The lowest BCUT2D eigenvalue weighted by Gasteiger charge is -2.35. The Bertz CT molecular complexity index is 449. The van der Waals surface area contributed by atoms with Crippen LogP contribution in [0, 0.1) is 5.92 Å². The molecule has 0 aromatic rings. The lowest BCUT2D eigenvalue weighted by molar-refractivity contribution is -0.362. The fourth-order valence-electron chi connectivity index (χ4n) is 1.02. The molecule has 0 aromatic carbocycles. The molecule has 0 fully saturated rings. The van der Waals surface area contributed by atoms with Gasteiger partial charge >= 0.3 is 23.9 Å². The van der Waals surface area contributed by atoms with E-state index in [0.717, 1.165) is 13.8 Å². The van der Waals surface area contributed by atoms with Crippen LogP contribution in [0.5, 0.6) is 0 Å². The van der Waals surface area contributed by atoms with Crippen molar-refractivity contribution in [2.45, 2.75) is 31.8 Å². The van der Waals surface area contributed by atoms with Crippen LogP contribution in [0.4, 0.5) is 26.3 Å². The van der Waals surface area contributed by atoms with Gasteiger partial charge in [0.2, 0.25) is 0 Å². The second kappa shape index (κ2) is 5.39. The van der Waals surface area contributed by atoms with Crippen LogP contribution < -0.4 is 0 Å². The van der Waals surface area contributed by atoms with Gasteiger partial charge in [0, 0.05) is 0 Å². The second-order valence-corrected chi connectivity index (χ2v) is 5.58. The van der Waals surface area contributed by atoms with E-state index in [4.69, 9.17) is 4.55 Å². The van der Waals surface area contributed by atoms with Crippen LogP contribution in [0.25, 0.3) is 0 Å². The van der Waals surface area contributed by atoms with Crippen LogP contribution in [-0.2, 0) is 19.6 Å². The zero-order valence-electron chi connectivity index (χ0n) is 10.0. The van der Waals surface area contributed by atoms with Crippen molar-refractivity contribution in [1.29, 1.82) is 0 Å². The quantitative estimate of drug-likeness (QED) is 0.483. The highest BCUT2D eigenvalue weighted by atomic mass is 32.2. The molecule has 0 amide bonds. The number of esters is 1. The first-order chi connectivity index (χ1) is 8.53. The third kappa shape index (κ3) is 4.23. The monoisotopic (exact) mass is 332 g/mol. The second-order valence-electron chi connectivity index (χ2n) is 4.12. The molecule has 5 nitrogen and oxygen atoms in total. The first-order valence-corrected chi connectivity index (χ1v) is 6.46. The van der Waals surface area contributed by atoms with Crippen molar-refractivity contribution in [3.05, 3.63) is 0 Å². The normalized spacial score (nSPS) is 14.5. The topological polar surface area (TPSA) is 80.7 Å². The molecule has 1 N–H and O–H groups in total. The van der Waals surface area contributed by atoms with Crippen molar-refractivity contribution in [3.63, 3.8) is 0 Å². The van der Waals surface area contributed by atoms with Gasteiger partial charge in [-0.25, -0.2) is 0 Å². The minimum Gasteiger partial charge on any atom is -0.438 e. The lowest BCUT2D eigenvalue weighted by atomic mass is 10.0. The van der Waals surface area contributed by atoms with E-state index in [2.05, 4.69) is 4.74 Å². The van der Waals surface area contributed by atoms with Crippen molar-refractivity contribution >= 4 is 16.1 Å². The predicted octanol–water partition coefficient (Wildman–Crippen LogP) is 1.94. The number of hydrogen-bond acceptors (Lipinski definition) is 4. The van der Waals surface area contributed by atoms with Gasteiger partial charge in [-0.2, -0.15) is 34.8 Å². The molecule has 0 heterocycles. The molecule has 0 bridgehead atoms. The number of carbonyl (C=O) groups is 1. The number of hydrogen-bond donors (Lipinski definition) is 1. The van der Waals surface area contributed by atoms with Crippen LogP contribution >= 0.6 is 0 Å². The number of ether oxygens (including phenoxy) is 1. The minimum absolute atomic E-state index is 0.952. The number of rotatable bonds is 4. The van der Waals surface area contributed by atoms with Gasteiger partial charge in [-0.1, -0.05) is 13.8 Å². The Kier molecular flexibility index (Phi) is 5.11. The van der Waals surface area contributed by atoms with Crippen molar-refractivity contribution in [2.24, 2.45) is 5.92 Å². The summed E-state index contributed by atoms with van der Waals surface area (Å²) >= 11 is 0. The first-order valence-electron chi connectivity index (χ1n) is 4.85. The largest absolute Gasteiger partial charge is 0.438 e. The van der Waals surface area contributed by atoms with Gasteiger partial charge in [-0.3, -0.25) is 9.35 Å². The average Bonchev–Trinajstić information content (AvgIpc) is 2.10. The van der Waals surface area contributed by atoms with Gasteiger partial charge in [0.05, 0.1) is 5.92 Å². The molecule has 0 aromatic heterocycles. The van der Waals surface area contributed by atoms with E-state index in [1.165, 1.54) is 0 Å². The van der Waals surface area contributed by atoms with E-state index in [0.29, 0.717) is 0 Å². The maximum absolute atomic E-state index is 12.7. The molecule has 0 aliphatic rings. The highest BCUT2D eigenvalue weighted by molar-refractivity contribution is 7.85. The summed E-state index contributed by atoms with van der Waals surface area (Å²) in [7, 11) is -5.74. The number of carbonyl (C=O) groups excluding carboxylic acids is 1. The Balaban J connectivity index is 6.03. The van der Waals surface area contributed by atoms with Crippen molar-refractivity contribution in [2.75, 3.05) is 5.75 Å². The zero-order valence-corrected chi connectivity index (χ0v) is 10.9. The molecule has 0 spiro atoms. The SMILES string of the molecule is CC(C)C(=O)OC(CS(=O)(=O)O)(C(F)(F)F)C(F)(F)F. The fourth-order valence-corrected chi connectivity index (χ4v) is 1.92. The number of alkyl halides is 6. The standard InChI is InChI=1S/C8H10F6O5S/c1-4(2)5(15)19-6(7(9,10)11,8(12,13)14)3-20(16,17)18/h4H,3H2,1-2H3,(H,16,17,18). The van der Waals surface area contributed by atoms with Crippen LogP contribution in [0.1, 0.15) is 13.8 Å². The maximum atomic E-state index is 12.7. The number of halogens is 6. The average molecular weight is 332 g/mol. The van der Waals surface area contributed by atoms with Crippen LogP contribution in [-0.4, -0.2) is 42.6 Å². The van der Waals surface area contributed by atoms with Gasteiger partial charge in [-0.05, 0) is 0 Å². The minimum atomic E-state index is -6.29. The van der Waals surface area contributed by atoms with Crippen LogP contribution in [0.2, 0.25) is 0 Å². The third-order valence-electron chi connectivity index (χ3n) is 2.05. The van der Waals surface area contributed by atoms with E-state index >= 15 is 0 Å². The Morgan fingerprint density at radius 3 is 1.65 bits per heavy atom. The lowest BCUT2D eigenvalue weighted by Crippen LogP contribution is -2.63. The molecular formula is C8H10F6O5S. The molecule has 0 rings (SSSR count). The molecule has 0 aliphatic carbocycles. The smallest absolute Gasteiger partial charge is 0.438 e. The molecule has 120 valence electrons. The van der Waals surface area contributed by atoms with E-state index in [1.807, 2.05) is 0 Å². The summed E-state index contributed by atoms with van der Waals surface area (Å²) in [6.45, 7) is 1.90. The molecular weight excluding hydrogens is 322 g/mol. The van der Waals surface area contributed by atoms with Gasteiger partial charge in [0.15, 0.2) is 0 Å². The molecule has 0 unspecified atom stereocenters. The van der Waals surface area contributed by atoms with Crippen molar-refractivity contribution in [3.8, 4) is 0 Å². The summed E-state index contributed by atoms with van der Waals surface area (Å²) in [4.78, 5) is 11.0. The molecule has 0 saturated heterocycles. The summed E-state index contributed by atoms with van der Waals surface area (Å²) in [5.74, 6) is -6.16. The Hall–Kier alpha value is -1.04. The summed E-state index contributed by atoms with van der Waals surface area (Å²) in [6.07, 6.45) is -12.6. The summed E-state index contributed by atoms with van der Waals surface area (Å²) < 4.78 is 109. The summed E-state index contributed by atoms with van der Waals surface area (Å²) in [5, 5.41) is 0. The van der Waals surface area contributed by atoms with Gasteiger partial charge in [0.25, 0.3) is 10.1 Å². The highest BCUT2D eigenvalue weighted by Gasteiger charge is 2.75. The van der Waals surface area contributed by atoms with E-state index < -0.39 is 45.7 Å². The Labute approximate surface area is 109 Å². The van der Waals surface area contributed by atoms with Gasteiger partial charge < -0.3 is 4.74 Å². The Morgan fingerprint density at radius 1 is 1.10 bits per heavy atom. The molecule has 0 atom stereocenters. The predicted molar refractivity (Wildman–Crippen MR) is 52.2 cm³/mol. The van der Waals surface area contributed by atoms with Gasteiger partial charge in [-0.15, -0.1) is 0 Å². The molecule has 0 saturated carbocycles.